The van der Waals surface area contributed by atoms with Crippen LogP contribution in [-0.4, -0.2) is 18.4 Å². The third-order valence-corrected chi connectivity index (χ3v) is 3.70. The Morgan fingerprint density at radius 3 is 2.79 bits per heavy atom. The van der Waals surface area contributed by atoms with Gasteiger partial charge in [0.15, 0.2) is 0 Å². The van der Waals surface area contributed by atoms with Crippen LogP contribution >= 0.6 is 15.9 Å². The van der Waals surface area contributed by atoms with E-state index in [1.165, 1.54) is 0 Å². The number of carbonyl (C=O) groups excluding carboxylic acids is 2. The average molecular weight is 325 g/mol. The smallest absolute Gasteiger partial charge is 0.226 e. The van der Waals surface area contributed by atoms with Crippen molar-refractivity contribution in [2.24, 2.45) is 11.8 Å². The van der Waals surface area contributed by atoms with Gasteiger partial charge in [0.25, 0.3) is 0 Å². The zero-order valence-electron chi connectivity index (χ0n) is 10.8. The predicted octanol–water partition coefficient (Wildman–Crippen LogP) is 2.55. The molecule has 0 unspecified atom stereocenters. The third kappa shape index (κ3) is 4.35. The summed E-state index contributed by atoms with van der Waals surface area (Å²) in [4.78, 5) is 23.2. The van der Waals surface area contributed by atoms with Gasteiger partial charge in [0.1, 0.15) is 0 Å². The number of carbonyl (C=O) groups is 2. The molecule has 1 aliphatic carbocycles. The Morgan fingerprint density at radius 2 is 2.16 bits per heavy atom. The van der Waals surface area contributed by atoms with Gasteiger partial charge in [-0.05, 0) is 30.5 Å². The van der Waals surface area contributed by atoms with Crippen molar-refractivity contribution in [1.29, 1.82) is 0 Å². The van der Waals surface area contributed by atoms with Crippen LogP contribution in [0.3, 0.4) is 0 Å². The van der Waals surface area contributed by atoms with Gasteiger partial charge < -0.3 is 10.6 Å². The standard InChI is InChI=1S/C14H17BrN2O2/c1-9-7-12(9)14(19)16-6-5-13(18)17-11-4-2-3-10(15)8-11/h2-4,8-9,12H,5-7H2,1H3,(H,16,19)(H,17,18)/t9-,12-/m0/s1. The molecule has 0 radical (unpaired) electrons. The van der Waals surface area contributed by atoms with Crippen molar-refractivity contribution < 1.29 is 9.59 Å². The summed E-state index contributed by atoms with van der Waals surface area (Å²) in [6.07, 6.45) is 1.26. The molecule has 2 amide bonds. The molecule has 1 aliphatic rings. The second kappa shape index (κ2) is 6.19. The summed E-state index contributed by atoms with van der Waals surface area (Å²) in [7, 11) is 0. The normalized spacial score (nSPS) is 20.7. The molecule has 1 aromatic carbocycles. The molecule has 1 saturated carbocycles. The Hall–Kier alpha value is -1.36. The molecule has 19 heavy (non-hydrogen) atoms. The first kappa shape index (κ1) is 14.1. The van der Waals surface area contributed by atoms with Gasteiger partial charge in [-0.2, -0.15) is 0 Å². The minimum Gasteiger partial charge on any atom is -0.355 e. The average Bonchev–Trinajstić information content (AvgIpc) is 3.06. The van der Waals surface area contributed by atoms with Crippen molar-refractivity contribution in [3.8, 4) is 0 Å². The van der Waals surface area contributed by atoms with Crippen LogP contribution in [0.4, 0.5) is 5.69 Å². The molecule has 0 aromatic heterocycles. The van der Waals surface area contributed by atoms with Gasteiger partial charge in [0.05, 0.1) is 0 Å². The van der Waals surface area contributed by atoms with E-state index in [1.54, 1.807) is 0 Å². The number of anilines is 1. The Morgan fingerprint density at radius 1 is 1.42 bits per heavy atom. The van der Waals surface area contributed by atoms with Crippen LogP contribution in [0.25, 0.3) is 0 Å². The van der Waals surface area contributed by atoms with Crippen molar-refractivity contribution in [3.63, 3.8) is 0 Å². The Balaban J connectivity index is 1.68. The molecule has 0 aliphatic heterocycles. The molecular weight excluding hydrogens is 308 g/mol. The van der Waals surface area contributed by atoms with E-state index in [0.29, 0.717) is 18.9 Å². The molecule has 0 heterocycles. The second-order valence-electron chi connectivity index (χ2n) is 4.92. The second-order valence-corrected chi connectivity index (χ2v) is 5.83. The van der Waals surface area contributed by atoms with Gasteiger partial charge in [-0.15, -0.1) is 0 Å². The van der Waals surface area contributed by atoms with Gasteiger partial charge in [0, 0.05) is 29.0 Å². The largest absolute Gasteiger partial charge is 0.355 e. The van der Waals surface area contributed by atoms with E-state index in [0.717, 1.165) is 16.6 Å². The van der Waals surface area contributed by atoms with E-state index in [-0.39, 0.29) is 17.7 Å². The highest BCUT2D eigenvalue weighted by Gasteiger charge is 2.38. The lowest BCUT2D eigenvalue weighted by molar-refractivity contribution is -0.122. The maximum absolute atomic E-state index is 11.7. The van der Waals surface area contributed by atoms with E-state index in [1.807, 2.05) is 24.3 Å². The summed E-state index contributed by atoms with van der Waals surface area (Å²) in [6, 6.07) is 7.41. The van der Waals surface area contributed by atoms with Crippen molar-refractivity contribution in [2.75, 3.05) is 11.9 Å². The van der Waals surface area contributed by atoms with Crippen LogP contribution in [0.5, 0.6) is 0 Å². The van der Waals surface area contributed by atoms with E-state index >= 15 is 0 Å². The van der Waals surface area contributed by atoms with Crippen molar-refractivity contribution in [3.05, 3.63) is 28.7 Å². The molecule has 4 nitrogen and oxygen atoms in total. The first-order valence-electron chi connectivity index (χ1n) is 6.39. The number of halogens is 1. The van der Waals surface area contributed by atoms with Gasteiger partial charge >= 0.3 is 0 Å². The van der Waals surface area contributed by atoms with Gasteiger partial charge in [-0.3, -0.25) is 9.59 Å². The lowest BCUT2D eigenvalue weighted by Crippen LogP contribution is -2.29. The van der Waals surface area contributed by atoms with Gasteiger partial charge in [0.2, 0.25) is 11.8 Å². The van der Waals surface area contributed by atoms with E-state index in [9.17, 15) is 9.59 Å². The van der Waals surface area contributed by atoms with Gasteiger partial charge in [-0.25, -0.2) is 0 Å². The molecule has 102 valence electrons. The minimum absolute atomic E-state index is 0.0720. The van der Waals surface area contributed by atoms with Crippen LogP contribution in [-0.2, 0) is 9.59 Å². The number of hydrogen-bond acceptors (Lipinski definition) is 2. The van der Waals surface area contributed by atoms with Crippen LogP contribution in [0, 0.1) is 11.8 Å². The molecule has 0 spiro atoms. The molecule has 0 saturated heterocycles. The summed E-state index contributed by atoms with van der Waals surface area (Å²) in [5.41, 5.74) is 0.751. The Labute approximate surface area is 121 Å². The predicted molar refractivity (Wildman–Crippen MR) is 77.7 cm³/mol. The zero-order chi connectivity index (χ0) is 13.8. The fourth-order valence-corrected chi connectivity index (χ4v) is 2.31. The Kier molecular flexibility index (Phi) is 4.58. The lowest BCUT2D eigenvalue weighted by atomic mass is 10.3. The molecule has 5 heteroatoms. The number of rotatable bonds is 5. The van der Waals surface area contributed by atoms with Crippen LogP contribution < -0.4 is 10.6 Å². The Bertz CT molecular complexity index is 490. The van der Waals surface area contributed by atoms with Crippen molar-refractivity contribution in [2.45, 2.75) is 19.8 Å². The van der Waals surface area contributed by atoms with Crippen LogP contribution in [0.15, 0.2) is 28.7 Å². The van der Waals surface area contributed by atoms with E-state index in [4.69, 9.17) is 0 Å². The number of nitrogens with one attached hydrogen (secondary N) is 2. The maximum Gasteiger partial charge on any atom is 0.226 e. The molecule has 2 atom stereocenters. The number of hydrogen-bond donors (Lipinski definition) is 2. The monoisotopic (exact) mass is 324 g/mol. The SMILES string of the molecule is C[C@H]1C[C@@H]1C(=O)NCCC(=O)Nc1cccc(Br)c1. The summed E-state index contributed by atoms with van der Waals surface area (Å²) >= 11 is 3.34. The highest BCUT2D eigenvalue weighted by Crippen LogP contribution is 2.37. The van der Waals surface area contributed by atoms with Gasteiger partial charge in [-0.1, -0.05) is 28.9 Å². The first-order valence-corrected chi connectivity index (χ1v) is 7.18. The molecule has 1 aromatic rings. The first-order chi connectivity index (χ1) is 9.06. The molecule has 2 rings (SSSR count). The number of amides is 2. The molecular formula is C14H17BrN2O2. The van der Waals surface area contributed by atoms with Crippen molar-refractivity contribution >= 4 is 33.4 Å². The third-order valence-electron chi connectivity index (χ3n) is 3.21. The fourth-order valence-electron chi connectivity index (χ4n) is 1.91. The highest BCUT2D eigenvalue weighted by atomic mass is 79.9. The lowest BCUT2D eigenvalue weighted by Gasteiger charge is -2.06. The van der Waals surface area contributed by atoms with Crippen LogP contribution in [0.1, 0.15) is 19.8 Å². The maximum atomic E-state index is 11.7. The summed E-state index contributed by atoms with van der Waals surface area (Å²) < 4.78 is 0.918. The quantitative estimate of drug-likeness (QED) is 0.874. The van der Waals surface area contributed by atoms with E-state index in [2.05, 4.69) is 33.5 Å². The zero-order valence-corrected chi connectivity index (χ0v) is 12.4. The summed E-state index contributed by atoms with van der Waals surface area (Å²) in [5.74, 6) is 0.633. The summed E-state index contributed by atoms with van der Waals surface area (Å²) in [6.45, 7) is 2.45. The van der Waals surface area contributed by atoms with E-state index < -0.39 is 0 Å². The highest BCUT2D eigenvalue weighted by molar-refractivity contribution is 9.10. The molecule has 2 N–H and O–H groups in total. The molecule has 0 bridgehead atoms. The fraction of sp³-hybridized carbons (Fsp3) is 0.429. The molecule has 1 fully saturated rings. The topological polar surface area (TPSA) is 58.2 Å². The minimum atomic E-state index is -0.0951. The van der Waals surface area contributed by atoms with Crippen LogP contribution in [0.2, 0.25) is 0 Å². The number of benzene rings is 1. The van der Waals surface area contributed by atoms with Crippen molar-refractivity contribution in [1.82, 2.24) is 5.32 Å². The summed E-state index contributed by atoms with van der Waals surface area (Å²) in [5, 5.41) is 5.58.